The largest absolute Gasteiger partial charge is 0.337 e. The van der Waals surface area contributed by atoms with Crippen LogP contribution >= 0.6 is 0 Å². The molecule has 3 heteroatoms. The third-order valence-corrected chi connectivity index (χ3v) is 2.12. The van der Waals surface area contributed by atoms with E-state index >= 15 is 0 Å². The average Bonchev–Trinajstić information content (AvgIpc) is 2.18. The van der Waals surface area contributed by atoms with Crippen molar-refractivity contribution in [3.63, 3.8) is 0 Å². The summed E-state index contributed by atoms with van der Waals surface area (Å²) in [4.78, 5) is 14.4. The van der Waals surface area contributed by atoms with Crippen LogP contribution in [0.2, 0.25) is 0 Å². The van der Waals surface area contributed by atoms with Gasteiger partial charge in [0.25, 0.3) is 0 Å². The monoisotopic (exact) mass is 174 g/mol. The molecule has 0 fully saturated rings. The van der Waals surface area contributed by atoms with Crippen LogP contribution in [0.5, 0.6) is 0 Å². The number of carbonyl (C=O) groups excluding carboxylic acids is 1. The Kier molecular flexibility index (Phi) is 2.08. The summed E-state index contributed by atoms with van der Waals surface area (Å²) in [5.41, 5.74) is 2.38. The Bertz CT molecular complexity index is 347. The number of nitrogens with zero attached hydrogens (tertiary/aromatic N) is 1. The minimum absolute atomic E-state index is 0.0904. The minimum Gasteiger partial charge on any atom is -0.337 e. The van der Waals surface area contributed by atoms with E-state index in [0.29, 0.717) is 6.41 Å². The third-order valence-electron chi connectivity index (χ3n) is 2.12. The van der Waals surface area contributed by atoms with E-state index in [1.165, 1.54) is 5.56 Å². The average molecular weight is 174 g/mol. The predicted octanol–water partition coefficient (Wildman–Crippen LogP) is 0.734. The summed E-state index contributed by atoms with van der Waals surface area (Å²) in [7, 11) is 0. The molecule has 1 unspecified atom stereocenters. The zero-order valence-electron chi connectivity index (χ0n) is 7.10. The first-order valence-corrected chi connectivity index (χ1v) is 4.21. The molecular weight excluding hydrogens is 164 g/mol. The summed E-state index contributed by atoms with van der Waals surface area (Å²) in [5, 5.41) is 2.65. The first kappa shape index (κ1) is 7.98. The molecule has 0 saturated carbocycles. The number of nitrogens with one attached hydrogen (secondary N) is 1. The van der Waals surface area contributed by atoms with Crippen molar-refractivity contribution in [3.05, 3.63) is 35.4 Å². The quantitative estimate of drug-likeness (QED) is 0.660. The SMILES string of the molecule is O=CNC1Cc2ccccc2C=N1. The van der Waals surface area contributed by atoms with Crippen molar-refractivity contribution >= 4 is 12.6 Å². The molecule has 1 aromatic rings. The molecule has 1 atom stereocenters. The van der Waals surface area contributed by atoms with E-state index in [1.54, 1.807) is 6.21 Å². The Morgan fingerprint density at radius 3 is 3.15 bits per heavy atom. The maximum absolute atomic E-state index is 10.2. The summed E-state index contributed by atoms with van der Waals surface area (Å²) in [5.74, 6) is 0. The molecule has 13 heavy (non-hydrogen) atoms. The van der Waals surface area contributed by atoms with Crippen LogP contribution in [0.4, 0.5) is 0 Å². The lowest BCUT2D eigenvalue weighted by atomic mass is 10.0. The number of hydrogen-bond acceptors (Lipinski definition) is 2. The van der Waals surface area contributed by atoms with Gasteiger partial charge in [0, 0.05) is 12.6 Å². The Labute approximate surface area is 76.5 Å². The predicted molar refractivity (Wildman–Crippen MR) is 50.7 cm³/mol. The fourth-order valence-electron chi connectivity index (χ4n) is 1.46. The van der Waals surface area contributed by atoms with Crippen molar-refractivity contribution in [1.82, 2.24) is 5.32 Å². The number of amides is 1. The lowest BCUT2D eigenvalue weighted by Gasteiger charge is -2.17. The van der Waals surface area contributed by atoms with E-state index in [0.717, 1.165) is 12.0 Å². The first-order chi connectivity index (χ1) is 6.40. The smallest absolute Gasteiger partial charge is 0.208 e. The number of hydrogen-bond donors (Lipinski definition) is 1. The van der Waals surface area contributed by atoms with Gasteiger partial charge in [0.05, 0.1) is 0 Å². The molecule has 0 aromatic heterocycles. The van der Waals surface area contributed by atoms with Gasteiger partial charge in [0.15, 0.2) is 0 Å². The number of aliphatic imine (C=N–C) groups is 1. The molecule has 3 nitrogen and oxygen atoms in total. The molecule has 1 N–H and O–H groups in total. The van der Waals surface area contributed by atoms with Crippen LogP contribution in [-0.2, 0) is 11.2 Å². The zero-order chi connectivity index (χ0) is 9.10. The van der Waals surface area contributed by atoms with Crippen LogP contribution in [-0.4, -0.2) is 18.8 Å². The van der Waals surface area contributed by atoms with Gasteiger partial charge in [0.1, 0.15) is 6.17 Å². The minimum atomic E-state index is -0.0904. The van der Waals surface area contributed by atoms with Gasteiger partial charge in [-0.25, -0.2) is 0 Å². The third kappa shape index (κ3) is 1.59. The normalized spacial score (nSPS) is 19.2. The standard InChI is InChI=1S/C10H10N2O/c13-7-12-10-5-8-3-1-2-4-9(8)6-11-10/h1-4,6-7,10H,5H2,(H,12,13). The van der Waals surface area contributed by atoms with Crippen LogP contribution in [0.1, 0.15) is 11.1 Å². The molecule has 66 valence electrons. The highest BCUT2D eigenvalue weighted by Gasteiger charge is 2.12. The molecule has 1 aliphatic heterocycles. The van der Waals surface area contributed by atoms with E-state index in [-0.39, 0.29) is 6.17 Å². The fourth-order valence-corrected chi connectivity index (χ4v) is 1.46. The zero-order valence-corrected chi connectivity index (χ0v) is 7.10. The van der Waals surface area contributed by atoms with Gasteiger partial charge in [-0.05, 0) is 11.1 Å². The van der Waals surface area contributed by atoms with Crippen LogP contribution in [0.15, 0.2) is 29.3 Å². The summed E-state index contributed by atoms with van der Waals surface area (Å²) >= 11 is 0. The second kappa shape index (κ2) is 3.39. The lowest BCUT2D eigenvalue weighted by molar-refractivity contribution is -0.110. The second-order valence-corrected chi connectivity index (χ2v) is 2.98. The van der Waals surface area contributed by atoms with Gasteiger partial charge >= 0.3 is 0 Å². The van der Waals surface area contributed by atoms with Crippen molar-refractivity contribution < 1.29 is 4.79 Å². The molecular formula is C10H10N2O. The number of rotatable bonds is 2. The molecule has 1 aliphatic rings. The van der Waals surface area contributed by atoms with E-state index in [4.69, 9.17) is 0 Å². The van der Waals surface area contributed by atoms with Gasteiger partial charge < -0.3 is 5.32 Å². The maximum atomic E-state index is 10.2. The Morgan fingerprint density at radius 1 is 1.46 bits per heavy atom. The number of carbonyl (C=O) groups is 1. The Hall–Kier alpha value is -1.64. The lowest BCUT2D eigenvalue weighted by Crippen LogP contribution is -2.30. The van der Waals surface area contributed by atoms with E-state index in [9.17, 15) is 4.79 Å². The molecule has 2 rings (SSSR count). The van der Waals surface area contributed by atoms with Crippen LogP contribution in [0, 0.1) is 0 Å². The van der Waals surface area contributed by atoms with Gasteiger partial charge in [-0.15, -0.1) is 0 Å². The van der Waals surface area contributed by atoms with Crippen LogP contribution in [0.25, 0.3) is 0 Å². The molecule has 1 aromatic carbocycles. The Morgan fingerprint density at radius 2 is 2.31 bits per heavy atom. The summed E-state index contributed by atoms with van der Waals surface area (Å²) < 4.78 is 0. The van der Waals surface area contributed by atoms with E-state index < -0.39 is 0 Å². The second-order valence-electron chi connectivity index (χ2n) is 2.98. The highest BCUT2D eigenvalue weighted by molar-refractivity contribution is 5.83. The number of benzene rings is 1. The van der Waals surface area contributed by atoms with Crippen LogP contribution in [0.3, 0.4) is 0 Å². The van der Waals surface area contributed by atoms with Gasteiger partial charge in [-0.2, -0.15) is 0 Å². The summed E-state index contributed by atoms with van der Waals surface area (Å²) in [6.07, 6.45) is 3.19. The summed E-state index contributed by atoms with van der Waals surface area (Å²) in [6, 6.07) is 8.06. The number of fused-ring (bicyclic) bond motifs is 1. The van der Waals surface area contributed by atoms with Crippen molar-refractivity contribution in [2.75, 3.05) is 0 Å². The van der Waals surface area contributed by atoms with Crippen molar-refractivity contribution in [3.8, 4) is 0 Å². The molecule has 0 bridgehead atoms. The first-order valence-electron chi connectivity index (χ1n) is 4.21. The Balaban J connectivity index is 2.23. The van der Waals surface area contributed by atoms with Gasteiger partial charge in [-0.1, -0.05) is 24.3 Å². The molecule has 0 spiro atoms. The molecule has 0 saturated heterocycles. The highest BCUT2D eigenvalue weighted by atomic mass is 16.1. The van der Waals surface area contributed by atoms with Gasteiger partial charge in [-0.3, -0.25) is 9.79 Å². The van der Waals surface area contributed by atoms with Gasteiger partial charge in [0.2, 0.25) is 6.41 Å². The molecule has 0 radical (unpaired) electrons. The van der Waals surface area contributed by atoms with E-state index in [1.807, 2.05) is 18.2 Å². The topological polar surface area (TPSA) is 41.5 Å². The van der Waals surface area contributed by atoms with Crippen molar-refractivity contribution in [2.24, 2.45) is 4.99 Å². The molecule has 1 amide bonds. The van der Waals surface area contributed by atoms with Crippen LogP contribution < -0.4 is 5.32 Å². The summed E-state index contributed by atoms with van der Waals surface area (Å²) in [6.45, 7) is 0. The highest BCUT2D eigenvalue weighted by Crippen LogP contribution is 2.13. The van der Waals surface area contributed by atoms with Crippen molar-refractivity contribution in [1.29, 1.82) is 0 Å². The maximum Gasteiger partial charge on any atom is 0.208 e. The van der Waals surface area contributed by atoms with E-state index in [2.05, 4.69) is 16.4 Å². The molecule has 0 aliphatic carbocycles. The molecule has 1 heterocycles. The fraction of sp³-hybridized carbons (Fsp3) is 0.200. The van der Waals surface area contributed by atoms with Crippen molar-refractivity contribution in [2.45, 2.75) is 12.6 Å².